The highest BCUT2D eigenvalue weighted by Crippen LogP contribution is 2.30. The van der Waals surface area contributed by atoms with Crippen LogP contribution >= 0.6 is 11.3 Å². The molecule has 2 aromatic carbocycles. The van der Waals surface area contributed by atoms with Crippen LogP contribution < -0.4 is 19.5 Å². The van der Waals surface area contributed by atoms with Crippen LogP contribution in [0.2, 0.25) is 0 Å². The van der Waals surface area contributed by atoms with E-state index in [0.29, 0.717) is 41.7 Å². The van der Waals surface area contributed by atoms with E-state index >= 15 is 0 Å². The van der Waals surface area contributed by atoms with E-state index in [-0.39, 0.29) is 30.6 Å². The van der Waals surface area contributed by atoms with Gasteiger partial charge in [-0.3, -0.25) is 19.1 Å². The number of thiazole rings is 1. The molecule has 0 radical (unpaired) electrons. The number of rotatable bonds is 12. The molecule has 0 spiro atoms. The summed E-state index contributed by atoms with van der Waals surface area (Å²) in [5.74, 6) is -0.00333. The standard InChI is InChI=1S/C28H33N5O6S2/c1-19-23(38-2)14-21(15-24(19)39-3)28(36)32(12-7-10-20-8-5-4-6-9-20)17-26-30-22(18-40-26)27(35)31-41(37)33-13-11-29-25(34)16-33/h4-6,8-9,14-15,18H,7,10-13,16-17H2,1-3H3,(H,29,34)(H,31,35). The first-order chi connectivity index (χ1) is 19.8. The summed E-state index contributed by atoms with van der Waals surface area (Å²) in [5.41, 5.74) is 2.47. The fourth-order valence-electron chi connectivity index (χ4n) is 4.37. The van der Waals surface area contributed by atoms with Gasteiger partial charge in [0.1, 0.15) is 22.2 Å². The second kappa shape index (κ2) is 14.2. The Morgan fingerprint density at radius 1 is 1.17 bits per heavy atom. The third-order valence-electron chi connectivity index (χ3n) is 6.55. The van der Waals surface area contributed by atoms with Gasteiger partial charge in [-0.2, -0.15) is 4.31 Å². The molecule has 1 aromatic heterocycles. The van der Waals surface area contributed by atoms with Crippen LogP contribution in [0.3, 0.4) is 0 Å². The first-order valence-electron chi connectivity index (χ1n) is 13.0. The average Bonchev–Trinajstić information content (AvgIpc) is 3.46. The minimum atomic E-state index is -1.87. The fraction of sp³-hybridized carbons (Fsp3) is 0.357. The molecular formula is C28H33N5O6S2. The molecule has 2 N–H and O–H groups in total. The molecule has 1 saturated heterocycles. The van der Waals surface area contributed by atoms with E-state index in [1.54, 1.807) is 36.6 Å². The number of amides is 3. The number of aryl methyl sites for hydroxylation is 1. The van der Waals surface area contributed by atoms with Crippen LogP contribution in [0.1, 0.15) is 43.4 Å². The summed E-state index contributed by atoms with van der Waals surface area (Å²) in [5, 5.41) is 4.77. The number of carbonyl (C=O) groups excluding carboxylic acids is 3. The first kappa shape index (κ1) is 30.2. The van der Waals surface area contributed by atoms with Gasteiger partial charge in [-0.05, 0) is 37.5 Å². The molecule has 4 rings (SSSR count). The monoisotopic (exact) mass is 599 g/mol. The molecule has 3 aromatic rings. The third-order valence-corrected chi connectivity index (χ3v) is 8.53. The van der Waals surface area contributed by atoms with Gasteiger partial charge in [0.05, 0.1) is 27.3 Å². The van der Waals surface area contributed by atoms with Crippen molar-refractivity contribution in [2.75, 3.05) is 40.4 Å². The molecule has 41 heavy (non-hydrogen) atoms. The molecule has 13 heteroatoms. The van der Waals surface area contributed by atoms with Crippen molar-refractivity contribution in [1.82, 2.24) is 24.2 Å². The van der Waals surface area contributed by atoms with Crippen molar-refractivity contribution in [2.45, 2.75) is 26.3 Å². The Labute approximate surface area is 245 Å². The highest BCUT2D eigenvalue weighted by Gasteiger charge is 2.25. The normalized spacial score (nSPS) is 14.2. The molecule has 1 fully saturated rings. The molecule has 0 aliphatic carbocycles. The molecule has 0 bridgehead atoms. The maximum Gasteiger partial charge on any atom is 0.283 e. The minimum Gasteiger partial charge on any atom is -0.496 e. The van der Waals surface area contributed by atoms with Crippen LogP contribution in [-0.4, -0.2) is 76.5 Å². The van der Waals surface area contributed by atoms with E-state index in [1.165, 1.54) is 21.2 Å². The van der Waals surface area contributed by atoms with Gasteiger partial charge in [0.25, 0.3) is 11.8 Å². The summed E-state index contributed by atoms with van der Waals surface area (Å²) >= 11 is -0.636. The summed E-state index contributed by atoms with van der Waals surface area (Å²) in [4.78, 5) is 44.2. The number of hydrogen-bond donors (Lipinski definition) is 2. The van der Waals surface area contributed by atoms with Crippen molar-refractivity contribution in [3.63, 3.8) is 0 Å². The molecule has 1 aliphatic heterocycles. The lowest BCUT2D eigenvalue weighted by atomic mass is 10.1. The van der Waals surface area contributed by atoms with Gasteiger partial charge < -0.3 is 19.7 Å². The lowest BCUT2D eigenvalue weighted by Crippen LogP contribution is -2.51. The Morgan fingerprint density at radius 3 is 2.54 bits per heavy atom. The van der Waals surface area contributed by atoms with Crippen LogP contribution in [0, 0.1) is 6.92 Å². The topological polar surface area (TPSA) is 130 Å². The van der Waals surface area contributed by atoms with Crippen molar-refractivity contribution in [3.8, 4) is 11.5 Å². The smallest absolute Gasteiger partial charge is 0.283 e. The molecule has 218 valence electrons. The first-order valence-corrected chi connectivity index (χ1v) is 15.0. The Hall–Kier alpha value is -3.81. The molecule has 1 atom stereocenters. The van der Waals surface area contributed by atoms with Crippen LogP contribution in [0.15, 0.2) is 47.8 Å². The van der Waals surface area contributed by atoms with E-state index in [9.17, 15) is 18.6 Å². The predicted molar refractivity (Wildman–Crippen MR) is 156 cm³/mol. The molecule has 0 saturated carbocycles. The van der Waals surface area contributed by atoms with Crippen LogP contribution in [0.4, 0.5) is 0 Å². The average molecular weight is 600 g/mol. The summed E-state index contributed by atoms with van der Waals surface area (Å²) in [7, 11) is 3.09. The number of piperazine rings is 1. The quantitative estimate of drug-likeness (QED) is 0.327. The molecule has 3 amide bonds. The van der Waals surface area contributed by atoms with E-state index in [1.807, 2.05) is 37.3 Å². The lowest BCUT2D eigenvalue weighted by molar-refractivity contribution is -0.122. The molecular weight excluding hydrogens is 566 g/mol. The maximum absolute atomic E-state index is 13.8. The molecule has 1 aliphatic rings. The van der Waals surface area contributed by atoms with Crippen LogP contribution in [0.25, 0.3) is 0 Å². The number of aromatic nitrogens is 1. The lowest BCUT2D eigenvalue weighted by Gasteiger charge is -2.24. The van der Waals surface area contributed by atoms with E-state index in [0.717, 1.165) is 18.4 Å². The summed E-state index contributed by atoms with van der Waals surface area (Å²) in [6.07, 6.45) is 1.51. The van der Waals surface area contributed by atoms with Crippen molar-refractivity contribution in [3.05, 3.63) is 75.2 Å². The number of nitrogens with one attached hydrogen (secondary N) is 2. The zero-order valence-corrected chi connectivity index (χ0v) is 24.8. The Kier molecular flexibility index (Phi) is 10.4. The number of methoxy groups -OCH3 is 2. The Morgan fingerprint density at radius 2 is 1.88 bits per heavy atom. The van der Waals surface area contributed by atoms with E-state index in [2.05, 4.69) is 15.0 Å². The Bertz CT molecular complexity index is 1390. The van der Waals surface area contributed by atoms with Crippen molar-refractivity contribution < 1.29 is 28.1 Å². The fourth-order valence-corrected chi connectivity index (χ4v) is 6.04. The van der Waals surface area contributed by atoms with Crippen molar-refractivity contribution in [2.24, 2.45) is 0 Å². The SMILES string of the molecule is COc1cc(C(=O)N(CCCc2ccccc2)Cc2nc(C(=O)NS(=O)N3CCNC(=O)C3)cs2)cc(OC)c1C. The maximum atomic E-state index is 13.8. The largest absolute Gasteiger partial charge is 0.496 e. The number of carbonyl (C=O) groups is 3. The number of benzene rings is 2. The second-order valence-electron chi connectivity index (χ2n) is 9.34. The second-order valence-corrected chi connectivity index (χ2v) is 11.5. The van der Waals surface area contributed by atoms with Gasteiger partial charge >= 0.3 is 0 Å². The molecule has 11 nitrogen and oxygen atoms in total. The number of ether oxygens (including phenoxy) is 2. The Balaban J connectivity index is 1.49. The van der Waals surface area contributed by atoms with Gasteiger partial charge in [-0.1, -0.05) is 30.3 Å². The summed E-state index contributed by atoms with van der Waals surface area (Å²) in [6.45, 7) is 3.14. The molecule has 2 heterocycles. The van der Waals surface area contributed by atoms with E-state index in [4.69, 9.17) is 9.47 Å². The van der Waals surface area contributed by atoms with E-state index < -0.39 is 17.1 Å². The van der Waals surface area contributed by atoms with Crippen LogP contribution in [-0.2, 0) is 28.9 Å². The van der Waals surface area contributed by atoms with Gasteiger partial charge in [-0.15, -0.1) is 11.3 Å². The van der Waals surface area contributed by atoms with Crippen LogP contribution in [0.5, 0.6) is 11.5 Å². The zero-order valence-electron chi connectivity index (χ0n) is 23.2. The summed E-state index contributed by atoms with van der Waals surface area (Å²) < 4.78 is 27.3. The minimum absolute atomic E-state index is 0.0656. The van der Waals surface area contributed by atoms with Crippen molar-refractivity contribution in [1.29, 1.82) is 0 Å². The van der Waals surface area contributed by atoms with Gasteiger partial charge in [0.15, 0.2) is 11.2 Å². The highest BCUT2D eigenvalue weighted by atomic mass is 32.2. The summed E-state index contributed by atoms with van der Waals surface area (Å²) in [6, 6.07) is 13.4. The predicted octanol–water partition coefficient (Wildman–Crippen LogP) is 2.48. The van der Waals surface area contributed by atoms with Gasteiger partial charge in [-0.25, -0.2) is 9.19 Å². The number of nitrogens with zero attached hydrogens (tertiary/aromatic N) is 3. The van der Waals surface area contributed by atoms with Gasteiger partial charge in [0, 0.05) is 36.1 Å². The molecule has 1 unspecified atom stereocenters. The zero-order chi connectivity index (χ0) is 29.4. The number of hydrogen-bond acceptors (Lipinski definition) is 8. The third kappa shape index (κ3) is 7.90. The van der Waals surface area contributed by atoms with Gasteiger partial charge in [0.2, 0.25) is 5.91 Å². The highest BCUT2D eigenvalue weighted by molar-refractivity contribution is 7.81. The van der Waals surface area contributed by atoms with Crippen molar-refractivity contribution >= 4 is 40.2 Å².